The Hall–Kier alpha value is -1.37. The van der Waals surface area contributed by atoms with Crippen LogP contribution in [0.25, 0.3) is 0 Å². The molecular weight excluding hydrogens is 293 g/mol. The number of carbonyl (C=O) groups is 1. The van der Waals surface area contributed by atoms with E-state index < -0.39 is 46.6 Å². The van der Waals surface area contributed by atoms with Gasteiger partial charge in [-0.2, -0.15) is 0 Å². The van der Waals surface area contributed by atoms with E-state index in [0.717, 1.165) is 0 Å². The van der Waals surface area contributed by atoms with Crippen LogP contribution in [-0.2, 0) is 0 Å². The summed E-state index contributed by atoms with van der Waals surface area (Å²) in [5.74, 6) is -12.4. The number of hydrogen-bond donors (Lipinski definition) is 1. The Bertz CT molecular complexity index is 475. The second kappa shape index (κ2) is 6.18. The number of hydrogen-bond acceptors (Lipinski definition) is 1. The van der Waals surface area contributed by atoms with E-state index in [1.165, 1.54) is 0 Å². The van der Waals surface area contributed by atoms with Crippen LogP contribution in [0.1, 0.15) is 23.7 Å². The van der Waals surface area contributed by atoms with E-state index in [2.05, 4.69) is 5.32 Å². The molecule has 1 atom stereocenters. The SMILES string of the molecule is CCC(CCl)NC(=O)c1c(F)c(F)c(F)c(F)c1F. The summed E-state index contributed by atoms with van der Waals surface area (Å²) in [6.07, 6.45) is 0.338. The minimum Gasteiger partial charge on any atom is -0.348 e. The summed E-state index contributed by atoms with van der Waals surface area (Å²) in [5.41, 5.74) is -1.51. The maximum absolute atomic E-state index is 13.3. The molecular formula is C11H9ClF5NO. The fourth-order valence-electron chi connectivity index (χ4n) is 1.31. The molecule has 0 aromatic heterocycles. The van der Waals surface area contributed by atoms with Crippen molar-refractivity contribution in [2.75, 3.05) is 5.88 Å². The van der Waals surface area contributed by atoms with Crippen molar-refractivity contribution in [3.05, 3.63) is 34.6 Å². The van der Waals surface area contributed by atoms with Gasteiger partial charge in [0.1, 0.15) is 5.56 Å². The number of carbonyl (C=O) groups excluding carboxylic acids is 1. The first kappa shape index (κ1) is 15.7. The Labute approximate surface area is 110 Å². The van der Waals surface area contributed by atoms with Gasteiger partial charge in [0.2, 0.25) is 5.82 Å². The minimum absolute atomic E-state index is 0.0579. The number of nitrogens with one attached hydrogen (secondary N) is 1. The lowest BCUT2D eigenvalue weighted by atomic mass is 10.1. The van der Waals surface area contributed by atoms with Gasteiger partial charge < -0.3 is 5.32 Å². The monoisotopic (exact) mass is 301 g/mol. The van der Waals surface area contributed by atoms with Crippen molar-refractivity contribution in [1.29, 1.82) is 0 Å². The third kappa shape index (κ3) is 2.97. The van der Waals surface area contributed by atoms with Crippen molar-refractivity contribution in [3.8, 4) is 0 Å². The third-order valence-electron chi connectivity index (χ3n) is 2.45. The van der Waals surface area contributed by atoms with Crippen LogP contribution in [0, 0.1) is 29.1 Å². The number of halogens is 6. The quantitative estimate of drug-likeness (QED) is 0.394. The molecule has 2 nitrogen and oxygen atoms in total. The molecule has 0 aliphatic carbocycles. The van der Waals surface area contributed by atoms with E-state index in [1.54, 1.807) is 6.92 Å². The second-order valence-corrected chi connectivity index (χ2v) is 3.99. The van der Waals surface area contributed by atoms with Crippen molar-refractivity contribution in [3.63, 3.8) is 0 Å². The van der Waals surface area contributed by atoms with Crippen LogP contribution in [0.5, 0.6) is 0 Å². The molecule has 0 radical (unpaired) electrons. The molecule has 1 rings (SSSR count). The predicted octanol–water partition coefficient (Wildman–Crippen LogP) is 3.13. The minimum atomic E-state index is -2.31. The van der Waals surface area contributed by atoms with Gasteiger partial charge in [-0.1, -0.05) is 6.92 Å². The molecule has 0 aliphatic rings. The summed E-state index contributed by atoms with van der Waals surface area (Å²) in [7, 11) is 0. The Morgan fingerprint density at radius 1 is 1.05 bits per heavy atom. The molecule has 1 unspecified atom stereocenters. The highest BCUT2D eigenvalue weighted by Crippen LogP contribution is 2.23. The molecule has 0 bridgehead atoms. The molecule has 106 valence electrons. The molecule has 19 heavy (non-hydrogen) atoms. The van der Waals surface area contributed by atoms with Gasteiger partial charge in [-0.3, -0.25) is 4.79 Å². The van der Waals surface area contributed by atoms with Crippen molar-refractivity contribution in [2.45, 2.75) is 19.4 Å². The van der Waals surface area contributed by atoms with E-state index in [4.69, 9.17) is 11.6 Å². The van der Waals surface area contributed by atoms with E-state index in [-0.39, 0.29) is 5.88 Å². The molecule has 1 aromatic carbocycles. The lowest BCUT2D eigenvalue weighted by Gasteiger charge is -2.15. The normalized spacial score (nSPS) is 12.4. The smallest absolute Gasteiger partial charge is 0.257 e. The first-order valence-corrected chi connectivity index (χ1v) is 5.76. The summed E-state index contributed by atoms with van der Waals surface area (Å²) in [6.45, 7) is 1.63. The van der Waals surface area contributed by atoms with E-state index in [1.807, 2.05) is 0 Å². The van der Waals surface area contributed by atoms with Gasteiger partial charge in [0, 0.05) is 11.9 Å². The van der Waals surface area contributed by atoms with Crippen LogP contribution < -0.4 is 5.32 Å². The topological polar surface area (TPSA) is 29.1 Å². The fraction of sp³-hybridized carbons (Fsp3) is 0.364. The van der Waals surface area contributed by atoms with Crippen LogP contribution in [0.3, 0.4) is 0 Å². The number of rotatable bonds is 4. The van der Waals surface area contributed by atoms with Crippen molar-refractivity contribution >= 4 is 17.5 Å². The van der Waals surface area contributed by atoms with Crippen molar-refractivity contribution < 1.29 is 26.7 Å². The molecule has 8 heteroatoms. The molecule has 1 aromatic rings. The number of alkyl halides is 1. The number of amides is 1. The zero-order valence-electron chi connectivity index (χ0n) is 9.67. The number of benzene rings is 1. The molecule has 0 aliphatic heterocycles. The predicted molar refractivity (Wildman–Crippen MR) is 58.5 cm³/mol. The van der Waals surface area contributed by atoms with Gasteiger partial charge >= 0.3 is 0 Å². The summed E-state index contributed by atoms with van der Waals surface area (Å²) in [5, 5.41) is 2.08. The zero-order chi connectivity index (χ0) is 14.7. The summed E-state index contributed by atoms with van der Waals surface area (Å²) < 4.78 is 65.2. The van der Waals surface area contributed by atoms with Crippen LogP contribution in [0.2, 0.25) is 0 Å². The molecule has 0 saturated heterocycles. The first-order valence-electron chi connectivity index (χ1n) is 5.23. The Kier molecular flexibility index (Phi) is 5.11. The second-order valence-electron chi connectivity index (χ2n) is 3.68. The first-order chi connectivity index (χ1) is 8.84. The Balaban J connectivity index is 3.24. The molecule has 0 heterocycles. The largest absolute Gasteiger partial charge is 0.348 e. The van der Waals surface area contributed by atoms with Crippen molar-refractivity contribution in [2.24, 2.45) is 0 Å². The van der Waals surface area contributed by atoms with Gasteiger partial charge in [-0.05, 0) is 6.42 Å². The standard InChI is InChI=1S/C11H9ClF5NO/c1-2-4(3-12)18-11(19)5-6(13)8(15)10(17)9(16)7(5)14/h4H,2-3H2,1H3,(H,18,19). The van der Waals surface area contributed by atoms with Gasteiger partial charge in [0.15, 0.2) is 23.3 Å². The van der Waals surface area contributed by atoms with Gasteiger partial charge in [0.25, 0.3) is 5.91 Å². The summed E-state index contributed by atoms with van der Waals surface area (Å²) in [4.78, 5) is 11.5. The van der Waals surface area contributed by atoms with Gasteiger partial charge in [0.05, 0.1) is 0 Å². The molecule has 1 N–H and O–H groups in total. The van der Waals surface area contributed by atoms with Crippen LogP contribution in [0.15, 0.2) is 0 Å². The lowest BCUT2D eigenvalue weighted by molar-refractivity contribution is 0.0928. The Morgan fingerprint density at radius 3 is 1.84 bits per heavy atom. The highest BCUT2D eigenvalue weighted by atomic mass is 35.5. The zero-order valence-corrected chi connectivity index (χ0v) is 10.4. The Morgan fingerprint density at radius 2 is 1.47 bits per heavy atom. The molecule has 0 spiro atoms. The molecule has 1 amide bonds. The van der Waals surface area contributed by atoms with Crippen LogP contribution >= 0.6 is 11.6 Å². The van der Waals surface area contributed by atoms with E-state index >= 15 is 0 Å². The van der Waals surface area contributed by atoms with Crippen molar-refractivity contribution in [1.82, 2.24) is 5.32 Å². The third-order valence-corrected chi connectivity index (χ3v) is 2.82. The average molecular weight is 302 g/mol. The maximum atomic E-state index is 13.3. The highest BCUT2D eigenvalue weighted by molar-refractivity contribution is 6.18. The molecule has 0 saturated carbocycles. The maximum Gasteiger partial charge on any atom is 0.257 e. The van der Waals surface area contributed by atoms with Gasteiger partial charge in [-0.25, -0.2) is 22.0 Å². The molecule has 0 fully saturated rings. The van der Waals surface area contributed by atoms with E-state index in [0.29, 0.717) is 6.42 Å². The van der Waals surface area contributed by atoms with Crippen LogP contribution in [-0.4, -0.2) is 17.8 Å². The van der Waals surface area contributed by atoms with Crippen LogP contribution in [0.4, 0.5) is 22.0 Å². The average Bonchev–Trinajstić information content (AvgIpc) is 2.40. The highest BCUT2D eigenvalue weighted by Gasteiger charge is 2.30. The lowest BCUT2D eigenvalue weighted by Crippen LogP contribution is -2.37. The van der Waals surface area contributed by atoms with E-state index in [9.17, 15) is 26.7 Å². The summed E-state index contributed by atoms with van der Waals surface area (Å²) >= 11 is 5.46. The summed E-state index contributed by atoms with van der Waals surface area (Å²) in [6, 6.07) is -0.635. The van der Waals surface area contributed by atoms with Gasteiger partial charge in [-0.15, -0.1) is 11.6 Å². The fourth-order valence-corrected chi connectivity index (χ4v) is 1.61.